The van der Waals surface area contributed by atoms with E-state index in [9.17, 15) is 19.7 Å². The smallest absolute Gasteiger partial charge is 0.320 e. The van der Waals surface area contributed by atoms with E-state index in [1.807, 2.05) is 0 Å². The first-order chi connectivity index (χ1) is 10.9. The summed E-state index contributed by atoms with van der Waals surface area (Å²) < 4.78 is 5.01. The molecular weight excluding hydrogens is 310 g/mol. The van der Waals surface area contributed by atoms with E-state index in [2.05, 4.69) is 9.74 Å². The Hall–Kier alpha value is -1.94. The summed E-state index contributed by atoms with van der Waals surface area (Å²) >= 11 is 0. The number of piperidine rings is 1. The molecule has 0 amide bonds. The van der Waals surface area contributed by atoms with E-state index in [0.29, 0.717) is 32.4 Å². The second-order valence-electron chi connectivity index (χ2n) is 5.43. The van der Waals surface area contributed by atoms with Crippen molar-refractivity contribution in [3.05, 3.63) is 10.1 Å². The number of carbonyl (C=O) groups excluding carboxylic acids is 1. The number of rotatable bonds is 10. The average Bonchev–Trinajstić information content (AvgIpc) is 2.50. The van der Waals surface area contributed by atoms with Gasteiger partial charge in [-0.25, -0.2) is 0 Å². The molecule has 0 unspecified atom stereocenters. The number of esters is 1. The fourth-order valence-electron chi connectivity index (χ4n) is 2.30. The number of carbonyl (C=O) groups is 2. The highest BCUT2D eigenvalue weighted by Gasteiger charge is 2.21. The number of carboxylic acid groups (broad SMARTS) is 1. The van der Waals surface area contributed by atoms with Crippen LogP contribution in [0.4, 0.5) is 0 Å². The fourth-order valence-corrected chi connectivity index (χ4v) is 2.30. The maximum absolute atomic E-state index is 11.4. The molecular formula is C13H23N3O7. The van der Waals surface area contributed by atoms with Crippen molar-refractivity contribution in [2.45, 2.75) is 44.2 Å². The Labute approximate surface area is 133 Å². The van der Waals surface area contributed by atoms with E-state index >= 15 is 0 Å². The van der Waals surface area contributed by atoms with Gasteiger partial charge in [-0.2, -0.15) is 0 Å². The monoisotopic (exact) mass is 333 g/mol. The van der Waals surface area contributed by atoms with Gasteiger partial charge in [-0.05, 0) is 25.7 Å². The van der Waals surface area contributed by atoms with Crippen molar-refractivity contribution in [2.75, 3.05) is 26.2 Å². The van der Waals surface area contributed by atoms with Crippen LogP contribution in [0.15, 0.2) is 0 Å². The van der Waals surface area contributed by atoms with Crippen LogP contribution in [-0.4, -0.2) is 65.4 Å². The van der Waals surface area contributed by atoms with Gasteiger partial charge >= 0.3 is 11.9 Å². The lowest BCUT2D eigenvalue weighted by Gasteiger charge is -2.30. The summed E-state index contributed by atoms with van der Waals surface area (Å²) in [5.74, 6) is -1.60. The fraction of sp³-hybridized carbons (Fsp3) is 0.846. The standard InChI is InChI=1S/C13H23N3O7/c14-11(13(18)19)2-3-12(17)22-9-1-6-15-7-4-10(5-8-15)23-16(20)21/h10-11H,1-9,14H2,(H,18,19)/t11-/m0/s1. The first-order valence-corrected chi connectivity index (χ1v) is 7.56. The summed E-state index contributed by atoms with van der Waals surface area (Å²) in [7, 11) is 0. The molecule has 1 atom stereocenters. The zero-order valence-corrected chi connectivity index (χ0v) is 12.9. The number of nitrogens with zero attached hydrogens (tertiary/aromatic N) is 2. The number of aliphatic carboxylic acids is 1. The molecule has 0 radical (unpaired) electrons. The van der Waals surface area contributed by atoms with Crippen LogP contribution < -0.4 is 5.73 Å². The molecule has 1 aliphatic heterocycles. The Balaban J connectivity index is 2.04. The van der Waals surface area contributed by atoms with Gasteiger partial charge in [0.25, 0.3) is 5.09 Å². The molecule has 0 saturated carbocycles. The van der Waals surface area contributed by atoms with Gasteiger partial charge in [-0.3, -0.25) is 9.59 Å². The normalized spacial score (nSPS) is 17.4. The zero-order chi connectivity index (χ0) is 17.2. The van der Waals surface area contributed by atoms with E-state index in [-0.39, 0.29) is 25.6 Å². The van der Waals surface area contributed by atoms with Crippen LogP contribution in [0.3, 0.4) is 0 Å². The second kappa shape index (κ2) is 9.95. The Morgan fingerprint density at radius 3 is 2.61 bits per heavy atom. The minimum atomic E-state index is -1.14. The Kier molecular flexibility index (Phi) is 8.27. The summed E-state index contributed by atoms with van der Waals surface area (Å²) in [4.78, 5) is 38.8. The lowest BCUT2D eigenvalue weighted by Crippen LogP contribution is -2.38. The van der Waals surface area contributed by atoms with Crippen LogP contribution in [0, 0.1) is 10.1 Å². The Morgan fingerprint density at radius 2 is 2.04 bits per heavy atom. The van der Waals surface area contributed by atoms with Crippen molar-refractivity contribution in [1.29, 1.82) is 0 Å². The van der Waals surface area contributed by atoms with Crippen LogP contribution in [0.2, 0.25) is 0 Å². The molecule has 23 heavy (non-hydrogen) atoms. The van der Waals surface area contributed by atoms with Gasteiger partial charge in [0.1, 0.15) is 12.1 Å². The molecule has 10 nitrogen and oxygen atoms in total. The highest BCUT2D eigenvalue weighted by Crippen LogP contribution is 2.13. The van der Waals surface area contributed by atoms with Gasteiger partial charge < -0.3 is 25.3 Å². The van der Waals surface area contributed by atoms with Gasteiger partial charge in [0.15, 0.2) is 0 Å². The summed E-state index contributed by atoms with van der Waals surface area (Å²) in [5, 5.41) is 18.1. The predicted octanol–water partition coefficient (Wildman–Crippen LogP) is -0.215. The van der Waals surface area contributed by atoms with Crippen LogP contribution in [0.25, 0.3) is 0 Å². The van der Waals surface area contributed by atoms with Crippen molar-refractivity contribution >= 4 is 11.9 Å². The molecule has 0 aromatic heterocycles. The van der Waals surface area contributed by atoms with E-state index in [1.54, 1.807) is 0 Å². The first kappa shape index (κ1) is 19.1. The number of hydrogen-bond acceptors (Lipinski definition) is 8. The van der Waals surface area contributed by atoms with Crippen LogP contribution in [-0.2, 0) is 19.2 Å². The van der Waals surface area contributed by atoms with E-state index in [0.717, 1.165) is 6.54 Å². The molecule has 1 saturated heterocycles. The third-order valence-electron chi connectivity index (χ3n) is 3.63. The average molecular weight is 333 g/mol. The van der Waals surface area contributed by atoms with Crippen molar-refractivity contribution in [1.82, 2.24) is 4.90 Å². The van der Waals surface area contributed by atoms with Gasteiger partial charge in [0, 0.05) is 26.1 Å². The third kappa shape index (κ3) is 8.31. The van der Waals surface area contributed by atoms with E-state index in [4.69, 9.17) is 15.6 Å². The minimum Gasteiger partial charge on any atom is -0.480 e. The first-order valence-electron chi connectivity index (χ1n) is 7.56. The Morgan fingerprint density at radius 1 is 1.39 bits per heavy atom. The summed E-state index contributed by atoms with van der Waals surface area (Å²) in [6.07, 6.45) is 1.56. The quantitative estimate of drug-likeness (QED) is 0.240. The molecule has 1 fully saturated rings. The maximum atomic E-state index is 11.4. The second-order valence-corrected chi connectivity index (χ2v) is 5.43. The van der Waals surface area contributed by atoms with Crippen molar-refractivity contribution < 1.29 is 29.4 Å². The minimum absolute atomic E-state index is 0.0168. The molecule has 0 bridgehead atoms. The van der Waals surface area contributed by atoms with Gasteiger partial charge in [-0.15, -0.1) is 10.1 Å². The number of likely N-dealkylation sites (tertiary alicyclic amines) is 1. The van der Waals surface area contributed by atoms with Gasteiger partial charge in [0.2, 0.25) is 0 Å². The van der Waals surface area contributed by atoms with Crippen molar-refractivity contribution in [2.24, 2.45) is 5.73 Å². The molecule has 0 aromatic carbocycles. The molecule has 0 aliphatic carbocycles. The number of ether oxygens (including phenoxy) is 1. The number of nitrogens with two attached hydrogens (primary N) is 1. The van der Waals surface area contributed by atoms with Crippen LogP contribution in [0.1, 0.15) is 32.1 Å². The van der Waals surface area contributed by atoms with E-state index < -0.39 is 23.1 Å². The van der Waals surface area contributed by atoms with Crippen molar-refractivity contribution in [3.63, 3.8) is 0 Å². The van der Waals surface area contributed by atoms with E-state index in [1.165, 1.54) is 0 Å². The summed E-state index contributed by atoms with van der Waals surface area (Å²) in [6, 6.07) is -1.05. The lowest BCUT2D eigenvalue weighted by molar-refractivity contribution is -0.769. The van der Waals surface area contributed by atoms with Crippen molar-refractivity contribution in [3.8, 4) is 0 Å². The zero-order valence-electron chi connectivity index (χ0n) is 12.9. The molecule has 0 aromatic rings. The maximum Gasteiger partial charge on any atom is 0.320 e. The molecule has 3 N–H and O–H groups in total. The highest BCUT2D eigenvalue weighted by molar-refractivity contribution is 5.75. The summed E-state index contributed by atoms with van der Waals surface area (Å²) in [5.41, 5.74) is 5.29. The van der Waals surface area contributed by atoms with Gasteiger partial charge in [-0.1, -0.05) is 0 Å². The highest BCUT2D eigenvalue weighted by atomic mass is 17.0. The third-order valence-corrected chi connectivity index (χ3v) is 3.63. The molecule has 1 aliphatic rings. The summed E-state index contributed by atoms with van der Waals surface area (Å²) in [6.45, 7) is 2.40. The molecule has 10 heteroatoms. The largest absolute Gasteiger partial charge is 0.480 e. The molecule has 1 rings (SSSR count). The molecule has 1 heterocycles. The molecule has 0 spiro atoms. The number of carboxylic acids is 1. The topological polar surface area (TPSA) is 145 Å². The lowest BCUT2D eigenvalue weighted by atomic mass is 10.1. The predicted molar refractivity (Wildman–Crippen MR) is 78.0 cm³/mol. The van der Waals surface area contributed by atoms with Gasteiger partial charge in [0.05, 0.1) is 6.61 Å². The van der Waals surface area contributed by atoms with Crippen LogP contribution >= 0.6 is 0 Å². The molecule has 132 valence electrons. The van der Waals surface area contributed by atoms with Crippen LogP contribution in [0.5, 0.6) is 0 Å². The SMILES string of the molecule is N[C@@H](CCC(=O)OCCCN1CCC(O[N+](=O)[O-])CC1)C(=O)O. The number of hydrogen-bond donors (Lipinski definition) is 2. The Bertz CT molecular complexity index is 410.